The van der Waals surface area contributed by atoms with Crippen molar-refractivity contribution in [1.82, 2.24) is 15.3 Å². The summed E-state index contributed by atoms with van der Waals surface area (Å²) in [5.74, 6) is 5.42. The zero-order chi connectivity index (χ0) is 15.1. The number of nitrogens with one attached hydrogen (secondary N) is 1. The molecule has 0 atom stereocenters. The first-order valence-corrected chi connectivity index (χ1v) is 8.09. The Hall–Kier alpha value is -0.980. The van der Waals surface area contributed by atoms with Crippen molar-refractivity contribution in [3.63, 3.8) is 0 Å². The summed E-state index contributed by atoms with van der Waals surface area (Å²) < 4.78 is 0. The number of aromatic nitrogens is 1. The van der Waals surface area contributed by atoms with E-state index < -0.39 is 0 Å². The Labute approximate surface area is 125 Å². The van der Waals surface area contributed by atoms with Crippen LogP contribution in [0.5, 0.6) is 0 Å². The summed E-state index contributed by atoms with van der Waals surface area (Å²) in [4.78, 5) is 18.3. The van der Waals surface area contributed by atoms with Crippen molar-refractivity contribution < 1.29 is 4.79 Å². The summed E-state index contributed by atoms with van der Waals surface area (Å²) in [6, 6.07) is 0.561. The van der Waals surface area contributed by atoms with E-state index in [9.17, 15) is 4.79 Å². The third-order valence-corrected chi connectivity index (χ3v) is 4.19. The van der Waals surface area contributed by atoms with Crippen LogP contribution in [-0.2, 0) is 6.54 Å². The second kappa shape index (κ2) is 8.34. The highest BCUT2D eigenvalue weighted by molar-refractivity contribution is 7.11. The summed E-state index contributed by atoms with van der Waals surface area (Å²) >= 11 is 1.34. The Morgan fingerprint density at radius 2 is 2.10 bits per heavy atom. The van der Waals surface area contributed by atoms with Crippen LogP contribution in [0.4, 0.5) is 0 Å². The number of hydrogen-bond acceptors (Lipinski definition) is 5. The SMILES string of the molecule is CCC(CC)N(Cc1csc(C(=O)NN)n1)CC(C)C. The molecule has 1 aromatic heterocycles. The number of nitrogens with zero attached hydrogens (tertiary/aromatic N) is 2. The molecule has 0 radical (unpaired) electrons. The van der Waals surface area contributed by atoms with Crippen molar-refractivity contribution in [2.75, 3.05) is 6.54 Å². The molecule has 1 aromatic rings. The van der Waals surface area contributed by atoms with Crippen LogP contribution in [0.3, 0.4) is 0 Å². The number of carbonyl (C=O) groups excluding carboxylic acids is 1. The van der Waals surface area contributed by atoms with Crippen molar-refractivity contribution in [3.8, 4) is 0 Å². The number of hydrogen-bond donors (Lipinski definition) is 2. The number of nitrogens with two attached hydrogens (primary N) is 1. The fraction of sp³-hybridized carbons (Fsp3) is 0.714. The van der Waals surface area contributed by atoms with Gasteiger partial charge in [0.15, 0.2) is 5.01 Å². The Morgan fingerprint density at radius 3 is 2.60 bits per heavy atom. The van der Waals surface area contributed by atoms with Gasteiger partial charge in [-0.3, -0.25) is 15.1 Å². The molecule has 0 unspecified atom stereocenters. The van der Waals surface area contributed by atoms with Gasteiger partial charge in [-0.15, -0.1) is 11.3 Å². The zero-order valence-electron chi connectivity index (χ0n) is 12.8. The molecule has 0 spiro atoms. The molecule has 0 aromatic carbocycles. The first kappa shape index (κ1) is 17.1. The molecule has 1 rings (SSSR count). The second-order valence-corrected chi connectivity index (χ2v) is 6.27. The predicted octanol–water partition coefficient (Wildman–Crippen LogP) is 2.39. The molecule has 0 saturated heterocycles. The minimum Gasteiger partial charge on any atom is -0.294 e. The Morgan fingerprint density at radius 1 is 1.45 bits per heavy atom. The number of thiazole rings is 1. The monoisotopic (exact) mass is 298 g/mol. The maximum absolute atomic E-state index is 11.4. The summed E-state index contributed by atoms with van der Waals surface area (Å²) in [7, 11) is 0. The van der Waals surface area contributed by atoms with Crippen molar-refractivity contribution in [1.29, 1.82) is 0 Å². The van der Waals surface area contributed by atoms with Gasteiger partial charge in [0.1, 0.15) is 0 Å². The minimum atomic E-state index is -0.320. The highest BCUT2D eigenvalue weighted by Gasteiger charge is 2.18. The van der Waals surface area contributed by atoms with E-state index >= 15 is 0 Å². The van der Waals surface area contributed by atoms with Crippen LogP contribution in [0.15, 0.2) is 5.38 Å². The van der Waals surface area contributed by atoms with Crippen LogP contribution in [0.1, 0.15) is 56.0 Å². The molecule has 1 amide bonds. The van der Waals surface area contributed by atoms with E-state index in [0.717, 1.165) is 31.6 Å². The van der Waals surface area contributed by atoms with E-state index in [-0.39, 0.29) is 5.91 Å². The molecule has 0 saturated carbocycles. The number of carbonyl (C=O) groups is 1. The smallest absolute Gasteiger partial charge is 0.294 e. The summed E-state index contributed by atoms with van der Waals surface area (Å²) in [5, 5.41) is 2.37. The standard InChI is InChI=1S/C14H26N4OS/c1-5-12(6-2)18(7-10(3)4)8-11-9-20-14(16-11)13(19)17-15/h9-10,12H,5-8,15H2,1-4H3,(H,17,19). The van der Waals surface area contributed by atoms with E-state index in [2.05, 4.69) is 43.0 Å². The van der Waals surface area contributed by atoms with Crippen molar-refractivity contribution in [2.45, 2.75) is 53.1 Å². The second-order valence-electron chi connectivity index (χ2n) is 5.41. The third-order valence-electron chi connectivity index (χ3n) is 3.30. The molecule has 20 heavy (non-hydrogen) atoms. The summed E-state index contributed by atoms with van der Waals surface area (Å²) in [5.41, 5.74) is 3.07. The number of hydrazine groups is 1. The Kier molecular flexibility index (Phi) is 7.12. The summed E-state index contributed by atoms with van der Waals surface area (Å²) in [6.07, 6.45) is 2.26. The lowest BCUT2D eigenvalue weighted by Crippen LogP contribution is -2.37. The first-order valence-electron chi connectivity index (χ1n) is 7.21. The van der Waals surface area contributed by atoms with Gasteiger partial charge >= 0.3 is 0 Å². The van der Waals surface area contributed by atoms with Gasteiger partial charge in [0.05, 0.1) is 5.69 Å². The molecule has 5 nitrogen and oxygen atoms in total. The van der Waals surface area contributed by atoms with E-state index in [1.165, 1.54) is 11.3 Å². The molecule has 6 heteroatoms. The van der Waals surface area contributed by atoms with Crippen molar-refractivity contribution >= 4 is 17.2 Å². The lowest BCUT2D eigenvalue weighted by atomic mass is 10.1. The highest BCUT2D eigenvalue weighted by Crippen LogP contribution is 2.17. The topological polar surface area (TPSA) is 71.2 Å². The lowest BCUT2D eigenvalue weighted by Gasteiger charge is -2.31. The number of rotatable bonds is 8. The van der Waals surface area contributed by atoms with Crippen LogP contribution in [0, 0.1) is 5.92 Å². The van der Waals surface area contributed by atoms with Crippen LogP contribution in [0.25, 0.3) is 0 Å². The third kappa shape index (κ3) is 4.85. The summed E-state index contributed by atoms with van der Waals surface area (Å²) in [6.45, 7) is 10.7. The molecular weight excluding hydrogens is 272 g/mol. The van der Waals surface area contributed by atoms with Gasteiger partial charge in [-0.25, -0.2) is 10.8 Å². The minimum absolute atomic E-state index is 0.320. The Bertz CT molecular complexity index is 415. The van der Waals surface area contributed by atoms with Crippen LogP contribution in [0.2, 0.25) is 0 Å². The van der Waals surface area contributed by atoms with E-state index in [4.69, 9.17) is 5.84 Å². The van der Waals surface area contributed by atoms with Gasteiger partial charge in [-0.05, 0) is 18.8 Å². The molecule has 0 fully saturated rings. The average Bonchev–Trinajstić information content (AvgIpc) is 2.87. The average molecular weight is 298 g/mol. The molecule has 1 heterocycles. The van der Waals surface area contributed by atoms with E-state index in [1.54, 1.807) is 0 Å². The van der Waals surface area contributed by atoms with Gasteiger partial charge < -0.3 is 0 Å². The van der Waals surface area contributed by atoms with Crippen molar-refractivity contribution in [3.05, 3.63) is 16.1 Å². The fourth-order valence-corrected chi connectivity index (χ4v) is 3.08. The van der Waals surface area contributed by atoms with Crippen LogP contribution < -0.4 is 11.3 Å². The van der Waals surface area contributed by atoms with Gasteiger partial charge in [-0.1, -0.05) is 27.7 Å². The first-order chi connectivity index (χ1) is 9.51. The van der Waals surface area contributed by atoms with Crippen LogP contribution in [-0.4, -0.2) is 28.4 Å². The van der Waals surface area contributed by atoms with Gasteiger partial charge in [0.25, 0.3) is 5.91 Å². The predicted molar refractivity (Wildman–Crippen MR) is 83.4 cm³/mol. The largest absolute Gasteiger partial charge is 0.294 e. The van der Waals surface area contributed by atoms with E-state index in [1.807, 2.05) is 5.38 Å². The van der Waals surface area contributed by atoms with Gasteiger partial charge in [0, 0.05) is 24.5 Å². The molecule has 0 aliphatic rings. The number of nitrogen functional groups attached to an aromatic ring is 1. The normalized spacial score (nSPS) is 11.6. The fourth-order valence-electron chi connectivity index (χ4n) is 2.37. The van der Waals surface area contributed by atoms with Crippen molar-refractivity contribution in [2.24, 2.45) is 11.8 Å². The molecule has 114 valence electrons. The molecule has 3 N–H and O–H groups in total. The van der Waals surface area contributed by atoms with Gasteiger partial charge in [-0.2, -0.15) is 0 Å². The molecule has 0 aliphatic heterocycles. The van der Waals surface area contributed by atoms with E-state index in [0.29, 0.717) is 17.0 Å². The zero-order valence-corrected chi connectivity index (χ0v) is 13.7. The lowest BCUT2D eigenvalue weighted by molar-refractivity contribution is 0.0952. The molecular formula is C14H26N4OS. The molecule has 0 aliphatic carbocycles. The van der Waals surface area contributed by atoms with Crippen LogP contribution >= 0.6 is 11.3 Å². The van der Waals surface area contributed by atoms with Gasteiger partial charge in [0.2, 0.25) is 0 Å². The number of amides is 1. The Balaban J connectivity index is 2.78. The quantitative estimate of drug-likeness (QED) is 0.439. The maximum atomic E-state index is 11.4. The maximum Gasteiger partial charge on any atom is 0.294 e. The highest BCUT2D eigenvalue weighted by atomic mass is 32.1. The molecule has 0 bridgehead atoms.